The Hall–Kier alpha value is -1.39. The van der Waals surface area contributed by atoms with Gasteiger partial charge in [-0.25, -0.2) is 0 Å². The number of nitrogens with zero attached hydrogens (tertiary/aromatic N) is 3. The lowest BCUT2D eigenvalue weighted by atomic mass is 9.95. The van der Waals surface area contributed by atoms with Crippen LogP contribution in [0, 0.1) is 0 Å². The molecule has 0 saturated carbocycles. The lowest BCUT2D eigenvalue weighted by Crippen LogP contribution is -2.36. The van der Waals surface area contributed by atoms with Gasteiger partial charge in [0.05, 0.1) is 6.54 Å². The van der Waals surface area contributed by atoms with Crippen molar-refractivity contribution in [1.82, 2.24) is 20.1 Å². The number of carbonyl (C=O) groups is 1. The van der Waals surface area contributed by atoms with Crippen LogP contribution in [0.1, 0.15) is 32.4 Å². The average molecular weight is 194 g/mol. The van der Waals surface area contributed by atoms with Gasteiger partial charge in [0.2, 0.25) is 5.91 Å². The Morgan fingerprint density at radius 3 is 2.71 bits per heavy atom. The summed E-state index contributed by atoms with van der Waals surface area (Å²) >= 11 is 0. The minimum absolute atomic E-state index is 0.0304. The molecule has 0 radical (unpaired) electrons. The Morgan fingerprint density at radius 1 is 1.36 bits per heavy atom. The summed E-state index contributed by atoms with van der Waals surface area (Å²) in [6.07, 6.45) is 0. The molecule has 1 amide bonds. The van der Waals surface area contributed by atoms with Crippen LogP contribution in [0.4, 0.5) is 0 Å². The predicted molar refractivity (Wildman–Crippen MR) is 50.6 cm³/mol. The third-order valence-corrected chi connectivity index (χ3v) is 2.24. The fourth-order valence-electron chi connectivity index (χ4n) is 1.56. The van der Waals surface area contributed by atoms with Gasteiger partial charge in [-0.2, -0.15) is 0 Å². The first-order valence-corrected chi connectivity index (χ1v) is 4.68. The van der Waals surface area contributed by atoms with Crippen molar-refractivity contribution in [3.63, 3.8) is 0 Å². The Labute approximate surface area is 82.5 Å². The largest absolute Gasteiger partial charge is 0.347 e. The van der Waals surface area contributed by atoms with E-state index in [1.165, 1.54) is 0 Å². The normalized spacial score (nSPS) is 16.4. The van der Waals surface area contributed by atoms with E-state index in [-0.39, 0.29) is 11.3 Å². The summed E-state index contributed by atoms with van der Waals surface area (Å²) in [5.74, 6) is 1.75. The van der Waals surface area contributed by atoms with E-state index in [1.54, 1.807) is 0 Å². The summed E-state index contributed by atoms with van der Waals surface area (Å²) < 4.78 is 1.90. The van der Waals surface area contributed by atoms with Gasteiger partial charge in [-0.15, -0.1) is 10.2 Å². The van der Waals surface area contributed by atoms with E-state index >= 15 is 0 Å². The smallest absolute Gasteiger partial charge is 0.240 e. The molecular weight excluding hydrogens is 180 g/mol. The maximum Gasteiger partial charge on any atom is 0.240 e. The number of hydrogen-bond donors (Lipinski definition) is 1. The number of fused-ring (bicyclic) bond motifs is 1. The fourth-order valence-corrected chi connectivity index (χ4v) is 1.56. The number of hydrogen-bond acceptors (Lipinski definition) is 3. The van der Waals surface area contributed by atoms with Crippen LogP contribution in [0.2, 0.25) is 0 Å². The van der Waals surface area contributed by atoms with Crippen LogP contribution in [-0.2, 0) is 23.3 Å². The molecular formula is C9H14N4O. The molecule has 5 nitrogen and oxygen atoms in total. The molecule has 0 aliphatic carbocycles. The van der Waals surface area contributed by atoms with E-state index in [0.29, 0.717) is 13.1 Å². The van der Waals surface area contributed by atoms with Crippen LogP contribution in [0.3, 0.4) is 0 Å². The maximum absolute atomic E-state index is 11.2. The Balaban J connectivity index is 2.45. The van der Waals surface area contributed by atoms with Crippen molar-refractivity contribution in [3.05, 3.63) is 11.6 Å². The summed E-state index contributed by atoms with van der Waals surface area (Å²) in [6, 6.07) is 0. The summed E-state index contributed by atoms with van der Waals surface area (Å²) in [5, 5.41) is 10.9. The maximum atomic E-state index is 11.2. The molecule has 0 fully saturated rings. The van der Waals surface area contributed by atoms with Gasteiger partial charge in [-0.3, -0.25) is 4.79 Å². The molecule has 5 heteroatoms. The molecule has 1 aliphatic heterocycles. The van der Waals surface area contributed by atoms with Crippen LogP contribution in [0.25, 0.3) is 0 Å². The molecule has 76 valence electrons. The Bertz CT molecular complexity index is 375. The van der Waals surface area contributed by atoms with E-state index in [0.717, 1.165) is 11.6 Å². The zero-order valence-corrected chi connectivity index (χ0v) is 8.66. The lowest BCUT2D eigenvalue weighted by molar-refractivity contribution is -0.122. The quantitative estimate of drug-likeness (QED) is 0.642. The molecule has 0 aromatic carbocycles. The first-order chi connectivity index (χ1) is 6.48. The monoisotopic (exact) mass is 194 g/mol. The van der Waals surface area contributed by atoms with Gasteiger partial charge in [0.15, 0.2) is 5.82 Å². The second-order valence-corrected chi connectivity index (χ2v) is 4.55. The highest BCUT2D eigenvalue weighted by Gasteiger charge is 2.27. The van der Waals surface area contributed by atoms with Crippen molar-refractivity contribution in [2.24, 2.45) is 0 Å². The number of rotatable bonds is 0. The van der Waals surface area contributed by atoms with Gasteiger partial charge < -0.3 is 9.88 Å². The number of nitrogens with one attached hydrogen (secondary N) is 1. The van der Waals surface area contributed by atoms with Crippen molar-refractivity contribution in [2.45, 2.75) is 39.3 Å². The minimum atomic E-state index is -0.0666. The highest BCUT2D eigenvalue weighted by atomic mass is 16.2. The van der Waals surface area contributed by atoms with E-state index in [2.05, 4.69) is 36.3 Å². The summed E-state index contributed by atoms with van der Waals surface area (Å²) in [5.41, 5.74) is -0.0666. The van der Waals surface area contributed by atoms with Crippen molar-refractivity contribution < 1.29 is 4.79 Å². The molecule has 1 aromatic rings. The topological polar surface area (TPSA) is 59.8 Å². The zero-order valence-electron chi connectivity index (χ0n) is 8.66. The number of aromatic nitrogens is 3. The first kappa shape index (κ1) is 9.18. The molecule has 2 heterocycles. The SMILES string of the molecule is CC(C)(C)c1nnc2n1CC(=O)NC2. The van der Waals surface area contributed by atoms with Gasteiger partial charge >= 0.3 is 0 Å². The second-order valence-electron chi connectivity index (χ2n) is 4.55. The van der Waals surface area contributed by atoms with Crippen LogP contribution >= 0.6 is 0 Å². The molecule has 1 aromatic heterocycles. The number of carbonyl (C=O) groups excluding carboxylic acids is 1. The van der Waals surface area contributed by atoms with Crippen molar-refractivity contribution >= 4 is 5.91 Å². The highest BCUT2D eigenvalue weighted by Crippen LogP contribution is 2.21. The number of amides is 1. The average Bonchev–Trinajstić information content (AvgIpc) is 2.45. The molecule has 2 rings (SSSR count). The molecule has 14 heavy (non-hydrogen) atoms. The van der Waals surface area contributed by atoms with Gasteiger partial charge in [0.25, 0.3) is 0 Å². The molecule has 0 saturated heterocycles. The summed E-state index contributed by atoms with van der Waals surface area (Å²) in [4.78, 5) is 11.2. The highest BCUT2D eigenvalue weighted by molar-refractivity contribution is 5.76. The van der Waals surface area contributed by atoms with E-state index < -0.39 is 0 Å². The molecule has 0 atom stereocenters. The van der Waals surface area contributed by atoms with Gasteiger partial charge in [0.1, 0.15) is 12.4 Å². The summed E-state index contributed by atoms with van der Waals surface area (Å²) in [6.45, 7) is 7.03. The van der Waals surface area contributed by atoms with Crippen LogP contribution in [0.5, 0.6) is 0 Å². The standard InChI is InChI=1S/C9H14N4O/c1-9(2,3)8-12-11-6-4-10-7(14)5-13(6)8/h4-5H2,1-3H3,(H,10,14). The van der Waals surface area contributed by atoms with E-state index in [4.69, 9.17) is 0 Å². The minimum Gasteiger partial charge on any atom is -0.347 e. The summed E-state index contributed by atoms with van der Waals surface area (Å²) in [7, 11) is 0. The van der Waals surface area contributed by atoms with Crippen LogP contribution in [0.15, 0.2) is 0 Å². The van der Waals surface area contributed by atoms with Crippen molar-refractivity contribution in [2.75, 3.05) is 0 Å². The molecule has 1 aliphatic rings. The van der Waals surface area contributed by atoms with Gasteiger partial charge in [-0.05, 0) is 0 Å². The zero-order chi connectivity index (χ0) is 10.3. The van der Waals surface area contributed by atoms with Crippen LogP contribution < -0.4 is 5.32 Å². The van der Waals surface area contributed by atoms with Gasteiger partial charge in [0, 0.05) is 5.41 Å². The predicted octanol–water partition coefficient (Wildman–Crippen LogP) is 0.205. The second kappa shape index (κ2) is 2.80. The lowest BCUT2D eigenvalue weighted by Gasteiger charge is -2.21. The van der Waals surface area contributed by atoms with Crippen molar-refractivity contribution in [1.29, 1.82) is 0 Å². The third kappa shape index (κ3) is 1.38. The van der Waals surface area contributed by atoms with E-state index in [1.807, 2.05) is 4.57 Å². The molecule has 0 bridgehead atoms. The van der Waals surface area contributed by atoms with Crippen molar-refractivity contribution in [3.8, 4) is 0 Å². The molecule has 1 N–H and O–H groups in total. The molecule has 0 unspecified atom stereocenters. The Kier molecular flexibility index (Phi) is 1.83. The Morgan fingerprint density at radius 2 is 2.07 bits per heavy atom. The fraction of sp³-hybridized carbons (Fsp3) is 0.667. The third-order valence-electron chi connectivity index (χ3n) is 2.24. The van der Waals surface area contributed by atoms with Gasteiger partial charge in [-0.1, -0.05) is 20.8 Å². The van der Waals surface area contributed by atoms with E-state index in [9.17, 15) is 4.79 Å². The molecule has 0 spiro atoms. The first-order valence-electron chi connectivity index (χ1n) is 4.68. The van der Waals surface area contributed by atoms with Crippen LogP contribution in [-0.4, -0.2) is 20.7 Å².